The van der Waals surface area contributed by atoms with Gasteiger partial charge in [0.05, 0.1) is 23.0 Å². The number of sulfone groups is 1. The molecular weight excluding hydrogens is 400 g/mol. The summed E-state index contributed by atoms with van der Waals surface area (Å²) in [5.74, 6) is -1.80. The molecule has 1 heterocycles. The van der Waals surface area contributed by atoms with Crippen molar-refractivity contribution in [1.29, 1.82) is 0 Å². The lowest BCUT2D eigenvalue weighted by Gasteiger charge is -2.37. The van der Waals surface area contributed by atoms with Gasteiger partial charge in [-0.3, -0.25) is 0 Å². The topological polar surface area (TPSA) is 80.8 Å². The van der Waals surface area contributed by atoms with Gasteiger partial charge in [-0.25, -0.2) is 25.6 Å². The van der Waals surface area contributed by atoms with E-state index in [4.69, 9.17) is 4.74 Å². The first-order valence-electron chi connectivity index (χ1n) is 7.93. The maximum atomic E-state index is 13.7. The summed E-state index contributed by atoms with van der Waals surface area (Å²) in [5.41, 5.74) is -0.295. The fourth-order valence-corrected chi connectivity index (χ4v) is 6.18. The number of rotatable bonds is 6. The Morgan fingerprint density at radius 2 is 1.67 bits per heavy atom. The molecule has 0 atom stereocenters. The third-order valence-corrected chi connectivity index (χ3v) is 8.25. The van der Waals surface area contributed by atoms with Crippen molar-refractivity contribution in [3.05, 3.63) is 59.7 Å². The van der Waals surface area contributed by atoms with Crippen molar-refractivity contribution < 1.29 is 30.4 Å². The highest BCUT2D eigenvalue weighted by atomic mass is 32.2. The smallest absolute Gasteiger partial charge is 0.218 e. The van der Waals surface area contributed by atoms with Crippen LogP contribution in [0.25, 0.3) is 0 Å². The number of hydrogen-bond acceptors (Lipinski definition) is 5. The van der Waals surface area contributed by atoms with Gasteiger partial charge in [-0.05, 0) is 42.5 Å². The van der Waals surface area contributed by atoms with E-state index in [0.717, 1.165) is 22.5 Å². The Bertz CT molecular complexity index is 1050. The van der Waals surface area contributed by atoms with Gasteiger partial charge in [0.1, 0.15) is 17.4 Å². The van der Waals surface area contributed by atoms with Gasteiger partial charge in [-0.1, -0.05) is 0 Å². The molecule has 0 unspecified atom stereocenters. The summed E-state index contributed by atoms with van der Waals surface area (Å²) in [4.78, 5) is 0.0709. The van der Waals surface area contributed by atoms with Crippen LogP contribution >= 0.6 is 0 Å². The van der Waals surface area contributed by atoms with Gasteiger partial charge in [-0.15, -0.1) is 0 Å². The van der Waals surface area contributed by atoms with Gasteiger partial charge in [0.15, 0.2) is 9.84 Å². The zero-order valence-corrected chi connectivity index (χ0v) is 15.9. The zero-order valence-electron chi connectivity index (χ0n) is 14.3. The second-order valence-corrected chi connectivity index (χ2v) is 10.3. The average molecular weight is 417 g/mol. The molecule has 146 valence electrons. The number of nitrogens with zero attached hydrogens (tertiary/aromatic N) is 1. The molecule has 27 heavy (non-hydrogen) atoms. The Labute approximate surface area is 156 Å². The van der Waals surface area contributed by atoms with Crippen LogP contribution in [0.15, 0.2) is 47.4 Å². The van der Waals surface area contributed by atoms with E-state index in [2.05, 4.69) is 0 Å². The second kappa shape index (κ2) is 7.17. The maximum Gasteiger partial charge on any atom is 0.218 e. The highest BCUT2D eigenvalue weighted by molar-refractivity contribution is 7.92. The molecule has 0 bridgehead atoms. The molecule has 0 aromatic heterocycles. The van der Waals surface area contributed by atoms with Crippen LogP contribution in [0.4, 0.5) is 8.78 Å². The van der Waals surface area contributed by atoms with Crippen molar-refractivity contribution in [1.82, 2.24) is 4.31 Å². The lowest BCUT2D eigenvalue weighted by molar-refractivity contribution is 0.309. The van der Waals surface area contributed by atoms with E-state index in [1.54, 1.807) is 0 Å². The highest BCUT2D eigenvalue weighted by Crippen LogP contribution is 2.28. The molecule has 1 aliphatic rings. The molecule has 2 aromatic rings. The zero-order chi connectivity index (χ0) is 19.8. The van der Waals surface area contributed by atoms with E-state index < -0.39 is 42.5 Å². The molecule has 2 aromatic carbocycles. The molecule has 0 N–H and O–H groups in total. The Kier molecular flexibility index (Phi) is 5.24. The van der Waals surface area contributed by atoms with Gasteiger partial charge in [-0.2, -0.15) is 4.31 Å². The number of benzene rings is 2. The third kappa shape index (κ3) is 3.97. The van der Waals surface area contributed by atoms with Crippen molar-refractivity contribution in [2.24, 2.45) is 0 Å². The summed E-state index contributed by atoms with van der Waals surface area (Å²) >= 11 is 0. The van der Waals surface area contributed by atoms with E-state index >= 15 is 0 Å². The number of hydrogen-bond donors (Lipinski definition) is 0. The van der Waals surface area contributed by atoms with Gasteiger partial charge < -0.3 is 4.74 Å². The first-order valence-corrected chi connectivity index (χ1v) is 11.1. The first-order chi connectivity index (χ1) is 12.6. The third-order valence-electron chi connectivity index (χ3n) is 4.38. The lowest BCUT2D eigenvalue weighted by Crippen LogP contribution is -2.56. The van der Waals surface area contributed by atoms with Gasteiger partial charge >= 0.3 is 0 Å². The van der Waals surface area contributed by atoms with Gasteiger partial charge in [0.2, 0.25) is 10.0 Å². The number of halogens is 2. The molecule has 0 spiro atoms. The average Bonchev–Trinajstić information content (AvgIpc) is 2.56. The SMILES string of the molecule is COc1ccc(S(=O)(=O)C2CN(S(=O)(=O)Cc3cc(F)ccc3F)C2)cc1. The normalized spacial score (nSPS) is 16.1. The van der Waals surface area contributed by atoms with Crippen LogP contribution in [0.3, 0.4) is 0 Å². The number of methoxy groups -OCH3 is 1. The van der Waals surface area contributed by atoms with E-state index in [1.807, 2.05) is 0 Å². The standard InChI is InChI=1S/C17H17F2NO5S2/c1-25-14-3-5-15(6-4-14)27(23,24)16-9-20(10-16)26(21,22)11-12-8-13(18)2-7-17(12)19/h2-8,16H,9-11H2,1H3. The molecule has 0 saturated carbocycles. The molecule has 1 aliphatic heterocycles. The molecule has 0 aliphatic carbocycles. The summed E-state index contributed by atoms with van der Waals surface area (Å²) < 4.78 is 82.7. The monoisotopic (exact) mass is 417 g/mol. The fraction of sp³-hybridized carbons (Fsp3) is 0.294. The van der Waals surface area contributed by atoms with Crippen molar-refractivity contribution >= 4 is 19.9 Å². The van der Waals surface area contributed by atoms with Crippen LogP contribution in [-0.4, -0.2) is 46.6 Å². The lowest BCUT2D eigenvalue weighted by atomic mass is 10.2. The Morgan fingerprint density at radius 1 is 1.04 bits per heavy atom. The molecule has 10 heteroatoms. The van der Waals surface area contributed by atoms with Crippen LogP contribution in [0, 0.1) is 11.6 Å². The van der Waals surface area contributed by atoms with Crippen molar-refractivity contribution in [3.63, 3.8) is 0 Å². The largest absolute Gasteiger partial charge is 0.497 e. The van der Waals surface area contributed by atoms with E-state index in [1.165, 1.54) is 31.4 Å². The molecule has 0 radical (unpaired) electrons. The minimum absolute atomic E-state index is 0.0709. The number of ether oxygens (including phenoxy) is 1. The molecule has 1 fully saturated rings. The van der Waals surface area contributed by atoms with Crippen LogP contribution in [0.1, 0.15) is 5.56 Å². The van der Waals surface area contributed by atoms with Gasteiger partial charge in [0, 0.05) is 18.7 Å². The van der Waals surface area contributed by atoms with Crippen molar-refractivity contribution in [3.8, 4) is 5.75 Å². The molecular formula is C17H17F2NO5S2. The van der Waals surface area contributed by atoms with Gasteiger partial charge in [0.25, 0.3) is 0 Å². The van der Waals surface area contributed by atoms with Crippen molar-refractivity contribution in [2.45, 2.75) is 15.9 Å². The Morgan fingerprint density at radius 3 is 2.26 bits per heavy atom. The predicted octanol–water partition coefficient (Wildman–Crippen LogP) is 1.96. The van der Waals surface area contributed by atoms with Crippen LogP contribution in [-0.2, 0) is 25.6 Å². The summed E-state index contributed by atoms with van der Waals surface area (Å²) in [6.07, 6.45) is 0. The molecule has 6 nitrogen and oxygen atoms in total. The maximum absolute atomic E-state index is 13.7. The van der Waals surface area contributed by atoms with Crippen LogP contribution in [0.2, 0.25) is 0 Å². The highest BCUT2D eigenvalue weighted by Gasteiger charge is 2.43. The summed E-state index contributed by atoms with van der Waals surface area (Å²) in [6, 6.07) is 8.37. The minimum Gasteiger partial charge on any atom is -0.497 e. The molecule has 3 rings (SSSR count). The summed E-state index contributed by atoms with van der Waals surface area (Å²) in [7, 11) is -6.21. The van der Waals surface area contributed by atoms with Crippen molar-refractivity contribution in [2.75, 3.05) is 20.2 Å². The van der Waals surface area contributed by atoms with E-state index in [0.29, 0.717) is 5.75 Å². The first kappa shape index (κ1) is 19.7. The molecule has 1 saturated heterocycles. The molecule has 0 amide bonds. The Hall–Kier alpha value is -2.04. The summed E-state index contributed by atoms with van der Waals surface area (Å²) in [6.45, 7) is -0.457. The van der Waals surface area contributed by atoms with E-state index in [9.17, 15) is 25.6 Å². The Balaban J connectivity index is 1.71. The summed E-state index contributed by atoms with van der Waals surface area (Å²) in [5, 5.41) is -0.891. The minimum atomic E-state index is -3.96. The van der Waals surface area contributed by atoms with E-state index in [-0.39, 0.29) is 23.5 Å². The van der Waals surface area contributed by atoms with Crippen LogP contribution < -0.4 is 4.74 Å². The quantitative estimate of drug-likeness (QED) is 0.718. The predicted molar refractivity (Wildman–Crippen MR) is 94.5 cm³/mol. The fourth-order valence-electron chi connectivity index (χ4n) is 2.72. The number of sulfonamides is 1. The van der Waals surface area contributed by atoms with Crippen LogP contribution in [0.5, 0.6) is 5.75 Å². The second-order valence-electron chi connectivity index (χ2n) is 6.15.